The number of anilines is 1. The Labute approximate surface area is 157 Å². The third-order valence-electron chi connectivity index (χ3n) is 4.53. The molecule has 0 unspecified atom stereocenters. The van der Waals surface area contributed by atoms with Gasteiger partial charge in [0.05, 0.1) is 5.69 Å². The van der Waals surface area contributed by atoms with Crippen LogP contribution in [-0.2, 0) is 16.0 Å². The summed E-state index contributed by atoms with van der Waals surface area (Å²) in [4.78, 5) is 28.9. The second-order valence-corrected chi connectivity index (χ2v) is 6.39. The Morgan fingerprint density at radius 3 is 2.59 bits per heavy atom. The molecular formula is C21H22FN3O2. The number of para-hydroxylation sites is 2. The van der Waals surface area contributed by atoms with E-state index in [1.165, 1.54) is 19.1 Å². The van der Waals surface area contributed by atoms with Gasteiger partial charge in [-0.05, 0) is 30.2 Å². The normalized spacial score (nSPS) is 10.7. The van der Waals surface area contributed by atoms with Crippen LogP contribution in [0.4, 0.5) is 10.1 Å². The van der Waals surface area contributed by atoms with E-state index in [0.717, 1.165) is 16.5 Å². The summed E-state index contributed by atoms with van der Waals surface area (Å²) in [6.45, 7) is 2.30. The summed E-state index contributed by atoms with van der Waals surface area (Å²) in [5, 5.41) is 3.68. The fourth-order valence-corrected chi connectivity index (χ4v) is 3.03. The molecule has 0 aliphatic carbocycles. The first-order valence-electron chi connectivity index (χ1n) is 8.89. The summed E-state index contributed by atoms with van der Waals surface area (Å²) in [5.41, 5.74) is 2.34. The fourth-order valence-electron chi connectivity index (χ4n) is 3.03. The van der Waals surface area contributed by atoms with Gasteiger partial charge in [0.25, 0.3) is 0 Å². The molecule has 140 valence electrons. The van der Waals surface area contributed by atoms with Crippen molar-refractivity contribution in [3.05, 3.63) is 66.1 Å². The molecule has 0 atom stereocenters. The summed E-state index contributed by atoms with van der Waals surface area (Å²) < 4.78 is 13.6. The topological polar surface area (TPSA) is 65.2 Å². The Balaban J connectivity index is 1.55. The number of halogens is 1. The number of hydrogen-bond acceptors (Lipinski definition) is 2. The minimum atomic E-state index is -0.478. The highest BCUT2D eigenvalue weighted by Crippen LogP contribution is 2.18. The number of carbonyl (C=O) groups excluding carboxylic acids is 2. The van der Waals surface area contributed by atoms with Gasteiger partial charge in [0, 0.05) is 43.5 Å². The van der Waals surface area contributed by atoms with Crippen molar-refractivity contribution in [1.82, 2.24) is 9.88 Å². The number of aromatic amines is 1. The zero-order valence-electron chi connectivity index (χ0n) is 15.2. The molecule has 2 amide bonds. The molecule has 0 saturated heterocycles. The molecule has 2 aromatic carbocycles. The molecule has 0 aliphatic heterocycles. The second kappa shape index (κ2) is 8.49. The molecule has 0 aliphatic rings. The number of nitrogens with one attached hydrogen (secondary N) is 2. The van der Waals surface area contributed by atoms with E-state index in [-0.39, 0.29) is 30.5 Å². The standard InChI is InChI=1S/C21H22FN3O2/c1-15(26)25(12-10-16-14-23-19-8-4-2-6-17(16)19)13-11-21(27)24-20-9-5-3-7-18(20)22/h2-9,14,23H,10-13H2,1H3,(H,24,27). The largest absolute Gasteiger partial charge is 0.361 e. The lowest BCUT2D eigenvalue weighted by atomic mass is 10.1. The Morgan fingerprint density at radius 1 is 1.07 bits per heavy atom. The maximum atomic E-state index is 13.6. The van der Waals surface area contributed by atoms with E-state index in [2.05, 4.69) is 10.3 Å². The van der Waals surface area contributed by atoms with Crippen molar-refractivity contribution in [3.63, 3.8) is 0 Å². The van der Waals surface area contributed by atoms with E-state index in [4.69, 9.17) is 0 Å². The zero-order chi connectivity index (χ0) is 19.2. The SMILES string of the molecule is CC(=O)N(CCC(=O)Nc1ccccc1F)CCc1c[nH]c2ccccc12. The zero-order valence-corrected chi connectivity index (χ0v) is 15.2. The van der Waals surface area contributed by atoms with Crippen LogP contribution in [0.25, 0.3) is 10.9 Å². The summed E-state index contributed by atoms with van der Waals surface area (Å²) in [5.74, 6) is -0.888. The molecule has 0 fully saturated rings. The lowest BCUT2D eigenvalue weighted by Crippen LogP contribution is -2.33. The van der Waals surface area contributed by atoms with Crippen LogP contribution < -0.4 is 5.32 Å². The highest BCUT2D eigenvalue weighted by atomic mass is 19.1. The molecule has 0 bridgehead atoms. The number of amides is 2. The van der Waals surface area contributed by atoms with Gasteiger partial charge in [-0.2, -0.15) is 0 Å². The van der Waals surface area contributed by atoms with E-state index in [9.17, 15) is 14.0 Å². The van der Waals surface area contributed by atoms with E-state index < -0.39 is 5.82 Å². The van der Waals surface area contributed by atoms with Gasteiger partial charge in [-0.3, -0.25) is 9.59 Å². The smallest absolute Gasteiger partial charge is 0.226 e. The van der Waals surface area contributed by atoms with Gasteiger partial charge in [0.1, 0.15) is 5.82 Å². The van der Waals surface area contributed by atoms with Crippen molar-refractivity contribution in [3.8, 4) is 0 Å². The quantitative estimate of drug-likeness (QED) is 0.668. The van der Waals surface area contributed by atoms with Crippen LogP contribution in [0.2, 0.25) is 0 Å². The molecule has 0 spiro atoms. The first-order valence-corrected chi connectivity index (χ1v) is 8.89. The molecule has 5 nitrogen and oxygen atoms in total. The van der Waals surface area contributed by atoms with Crippen LogP contribution in [0.3, 0.4) is 0 Å². The average molecular weight is 367 g/mol. The molecule has 3 rings (SSSR count). The summed E-state index contributed by atoms with van der Waals surface area (Å²) >= 11 is 0. The average Bonchev–Trinajstić information content (AvgIpc) is 3.06. The number of hydrogen-bond donors (Lipinski definition) is 2. The molecule has 0 saturated carbocycles. The monoisotopic (exact) mass is 367 g/mol. The Hall–Kier alpha value is -3.15. The van der Waals surface area contributed by atoms with E-state index in [1.54, 1.807) is 17.0 Å². The van der Waals surface area contributed by atoms with E-state index >= 15 is 0 Å². The molecule has 1 heterocycles. The predicted molar refractivity (Wildman–Crippen MR) is 104 cm³/mol. The fraction of sp³-hybridized carbons (Fsp3) is 0.238. The number of carbonyl (C=O) groups is 2. The van der Waals surface area contributed by atoms with E-state index in [0.29, 0.717) is 13.0 Å². The third kappa shape index (κ3) is 4.73. The third-order valence-corrected chi connectivity index (χ3v) is 4.53. The summed E-state index contributed by atoms with van der Waals surface area (Å²) in [6, 6.07) is 14.0. The first-order chi connectivity index (χ1) is 13.0. The maximum absolute atomic E-state index is 13.6. The minimum Gasteiger partial charge on any atom is -0.361 e. The Morgan fingerprint density at radius 2 is 1.81 bits per heavy atom. The molecule has 27 heavy (non-hydrogen) atoms. The van der Waals surface area contributed by atoms with Crippen LogP contribution in [0.15, 0.2) is 54.7 Å². The number of H-pyrrole nitrogens is 1. The highest BCUT2D eigenvalue weighted by molar-refractivity contribution is 5.91. The number of rotatable bonds is 7. The van der Waals surface area contributed by atoms with Crippen LogP contribution in [0.1, 0.15) is 18.9 Å². The summed E-state index contributed by atoms with van der Waals surface area (Å²) in [7, 11) is 0. The van der Waals surface area contributed by atoms with Crippen LogP contribution in [0, 0.1) is 5.82 Å². The van der Waals surface area contributed by atoms with Gasteiger partial charge in [-0.15, -0.1) is 0 Å². The minimum absolute atomic E-state index is 0.0893. The van der Waals surface area contributed by atoms with Crippen molar-refractivity contribution < 1.29 is 14.0 Å². The van der Waals surface area contributed by atoms with Crippen LogP contribution >= 0.6 is 0 Å². The number of nitrogens with zero attached hydrogens (tertiary/aromatic N) is 1. The van der Waals surface area contributed by atoms with Gasteiger partial charge in [0.2, 0.25) is 11.8 Å². The molecule has 3 aromatic rings. The van der Waals surface area contributed by atoms with Gasteiger partial charge in [0.15, 0.2) is 0 Å². The number of benzene rings is 2. The summed E-state index contributed by atoms with van der Waals surface area (Å²) in [6.07, 6.45) is 2.76. The molecule has 1 aromatic heterocycles. The van der Waals surface area contributed by atoms with Crippen LogP contribution in [-0.4, -0.2) is 34.8 Å². The van der Waals surface area contributed by atoms with Gasteiger partial charge < -0.3 is 15.2 Å². The van der Waals surface area contributed by atoms with Gasteiger partial charge >= 0.3 is 0 Å². The Kier molecular flexibility index (Phi) is 5.86. The van der Waals surface area contributed by atoms with Crippen molar-refractivity contribution in [2.75, 3.05) is 18.4 Å². The highest BCUT2D eigenvalue weighted by Gasteiger charge is 2.13. The second-order valence-electron chi connectivity index (χ2n) is 6.39. The van der Waals surface area contributed by atoms with E-state index in [1.807, 2.05) is 30.5 Å². The lowest BCUT2D eigenvalue weighted by Gasteiger charge is -2.20. The molecule has 2 N–H and O–H groups in total. The number of fused-ring (bicyclic) bond motifs is 1. The maximum Gasteiger partial charge on any atom is 0.226 e. The molecule has 6 heteroatoms. The molecule has 0 radical (unpaired) electrons. The number of aromatic nitrogens is 1. The van der Waals surface area contributed by atoms with Crippen molar-refractivity contribution in [2.45, 2.75) is 19.8 Å². The predicted octanol–water partition coefficient (Wildman–Crippen LogP) is 3.73. The van der Waals surface area contributed by atoms with Crippen LogP contribution in [0.5, 0.6) is 0 Å². The lowest BCUT2D eigenvalue weighted by molar-refractivity contribution is -0.129. The Bertz CT molecular complexity index is 951. The van der Waals surface area contributed by atoms with Gasteiger partial charge in [-0.1, -0.05) is 30.3 Å². The first kappa shape index (κ1) is 18.6. The van der Waals surface area contributed by atoms with Crippen molar-refractivity contribution in [1.29, 1.82) is 0 Å². The van der Waals surface area contributed by atoms with Crippen molar-refractivity contribution in [2.24, 2.45) is 0 Å². The van der Waals surface area contributed by atoms with Crippen molar-refractivity contribution >= 4 is 28.4 Å². The van der Waals surface area contributed by atoms with Gasteiger partial charge in [-0.25, -0.2) is 4.39 Å². The molecular weight excluding hydrogens is 345 g/mol.